The van der Waals surface area contributed by atoms with Gasteiger partial charge in [0.05, 0.1) is 30.8 Å². The van der Waals surface area contributed by atoms with Crippen LogP contribution in [0.25, 0.3) is 0 Å². The highest BCUT2D eigenvalue weighted by Crippen LogP contribution is 2.78. The number of esters is 1. The third kappa shape index (κ3) is 8.12. The van der Waals surface area contributed by atoms with E-state index in [0.717, 1.165) is 44.1 Å². The highest BCUT2D eigenvalue weighted by atomic mass is 17.1. The van der Waals surface area contributed by atoms with Crippen molar-refractivity contribution in [3.8, 4) is 0 Å². The second kappa shape index (κ2) is 18.7. The van der Waals surface area contributed by atoms with E-state index in [4.69, 9.17) is 33.3 Å². The molecule has 396 valence electrons. The molecule has 25 atom stereocenters. The van der Waals surface area contributed by atoms with Gasteiger partial charge in [-0.2, -0.15) is 0 Å². The summed E-state index contributed by atoms with van der Waals surface area (Å²) in [4.78, 5) is 20.2. The fourth-order valence-electron chi connectivity index (χ4n) is 16.1. The van der Waals surface area contributed by atoms with Gasteiger partial charge in [0.15, 0.2) is 18.5 Å². The fraction of sp³-hybridized carbons (Fsp3) is 0.939. The van der Waals surface area contributed by atoms with E-state index < -0.39 is 116 Å². The maximum absolute atomic E-state index is 15.1. The molecule has 12 N–H and O–H groups in total. The molecule has 0 aromatic heterocycles. The third-order valence-corrected chi connectivity index (χ3v) is 20.3. The van der Waals surface area contributed by atoms with Crippen molar-refractivity contribution in [2.75, 3.05) is 13.2 Å². The van der Waals surface area contributed by atoms with Crippen molar-refractivity contribution in [1.29, 1.82) is 0 Å². The Kier molecular flexibility index (Phi) is 14.6. The van der Waals surface area contributed by atoms with Gasteiger partial charge in [-0.15, -0.1) is 0 Å². The summed E-state index contributed by atoms with van der Waals surface area (Å²) in [5.74, 6) is -6.84. The lowest BCUT2D eigenvalue weighted by Gasteiger charge is -2.72. The second-order valence-corrected chi connectivity index (χ2v) is 23.6. The molecule has 0 spiro atoms. The zero-order valence-corrected chi connectivity index (χ0v) is 41.0. The molecule has 3 heterocycles. The van der Waals surface area contributed by atoms with Gasteiger partial charge in [-0.05, 0) is 129 Å². The normalized spacial score (nSPS) is 54.9. The number of rotatable bonds is 11. The smallest absolute Gasteiger partial charge is 0.357 e. The largest absolute Gasteiger partial charge is 0.405 e. The summed E-state index contributed by atoms with van der Waals surface area (Å²) in [6.07, 6.45) is -16.3. The molecule has 5 aliphatic carbocycles. The molecule has 0 aromatic rings. The van der Waals surface area contributed by atoms with Crippen LogP contribution in [-0.2, 0) is 38.1 Å². The molecular weight excluding hydrogens is 909 g/mol. The number of aliphatic hydroxyl groups is 11. The van der Waals surface area contributed by atoms with Crippen LogP contribution in [0, 0.1) is 56.7 Å². The number of aliphatic hydroxyl groups excluding tert-OH is 9. The van der Waals surface area contributed by atoms with Gasteiger partial charge in [0.2, 0.25) is 0 Å². The Morgan fingerprint density at radius 2 is 1.38 bits per heavy atom. The van der Waals surface area contributed by atoms with Gasteiger partial charge in [-0.3, -0.25) is 10.1 Å². The van der Waals surface area contributed by atoms with Crippen LogP contribution in [0.5, 0.6) is 0 Å². The summed E-state index contributed by atoms with van der Waals surface area (Å²) in [5, 5.41) is 130. The molecule has 0 bridgehead atoms. The Morgan fingerprint density at radius 1 is 0.710 bits per heavy atom. The third-order valence-electron chi connectivity index (χ3n) is 20.3. The van der Waals surface area contributed by atoms with E-state index in [1.807, 2.05) is 6.92 Å². The van der Waals surface area contributed by atoms with E-state index >= 15 is 4.79 Å². The summed E-state index contributed by atoms with van der Waals surface area (Å²) in [6.45, 7) is 17.6. The first-order chi connectivity index (χ1) is 32.2. The van der Waals surface area contributed by atoms with Crippen LogP contribution >= 0.6 is 0 Å². The second-order valence-electron chi connectivity index (χ2n) is 23.6. The van der Waals surface area contributed by atoms with Crippen molar-refractivity contribution in [2.24, 2.45) is 56.7 Å². The molecule has 8 aliphatic rings. The first-order valence-electron chi connectivity index (χ1n) is 25.2. The molecule has 8 rings (SSSR count). The Labute approximate surface area is 403 Å². The molecule has 3 aliphatic heterocycles. The summed E-state index contributed by atoms with van der Waals surface area (Å²) in [7, 11) is 0. The van der Waals surface area contributed by atoms with Gasteiger partial charge in [0.25, 0.3) is 0 Å². The highest BCUT2D eigenvalue weighted by Gasteiger charge is 2.73. The van der Waals surface area contributed by atoms with Crippen molar-refractivity contribution in [3.05, 3.63) is 12.2 Å². The summed E-state index contributed by atoms with van der Waals surface area (Å²) in [6, 6.07) is 0. The van der Waals surface area contributed by atoms with Gasteiger partial charge in [0.1, 0.15) is 54.9 Å². The van der Waals surface area contributed by atoms with E-state index in [1.54, 1.807) is 0 Å². The van der Waals surface area contributed by atoms with E-state index in [-0.39, 0.29) is 45.5 Å². The molecule has 3 saturated heterocycles. The Hall–Kier alpha value is -1.51. The van der Waals surface area contributed by atoms with E-state index in [0.29, 0.717) is 43.9 Å². The quantitative estimate of drug-likeness (QED) is 0.0442. The molecule has 5 unspecified atom stereocenters. The average molecular weight is 989 g/mol. The highest BCUT2D eigenvalue weighted by molar-refractivity contribution is 5.78. The van der Waals surface area contributed by atoms with Gasteiger partial charge in [-0.25, -0.2) is 4.89 Å². The minimum atomic E-state index is -3.26. The lowest BCUT2D eigenvalue weighted by Crippen LogP contribution is -2.70. The SMILES string of the molecule is C=C(CC)[C@@H]1CC[C@]2(C(=O)O[C@]3(O)OC(CO[C@]4(O)OC(CO)[C@@H](OC5O[C@H](C)[C@@H](O)[C@H](O)[C@@H]5O)C(O)[C@@H]4O)[C@@H](O)C(O)[C@@H]3O)CC[C@]3(C)[C@H](CC[C@@H]4[C@@]5(C)CC[C@@H](OO)C(C)(C)[C@@H]5CC[C@]43C)[C@@H]12. The molecule has 20 heteroatoms. The van der Waals surface area contributed by atoms with Crippen molar-refractivity contribution < 1.29 is 99.5 Å². The molecule has 0 aromatic carbocycles. The van der Waals surface area contributed by atoms with Crippen LogP contribution < -0.4 is 0 Å². The molecule has 0 radical (unpaired) electrons. The number of allylic oxidation sites excluding steroid dienone is 1. The fourth-order valence-corrected chi connectivity index (χ4v) is 16.1. The number of ether oxygens (including phenoxy) is 6. The lowest BCUT2D eigenvalue weighted by atomic mass is 9.32. The summed E-state index contributed by atoms with van der Waals surface area (Å²) >= 11 is 0. The van der Waals surface area contributed by atoms with E-state index in [9.17, 15) is 61.4 Å². The number of fused-ring (bicyclic) bond motifs is 7. The predicted molar refractivity (Wildman–Crippen MR) is 237 cm³/mol. The first kappa shape index (κ1) is 53.8. The van der Waals surface area contributed by atoms with Crippen molar-refractivity contribution in [3.63, 3.8) is 0 Å². The number of carbonyl (C=O) groups excluding carboxylic acids is 1. The first-order valence-corrected chi connectivity index (χ1v) is 25.2. The van der Waals surface area contributed by atoms with Crippen LogP contribution in [-0.4, -0.2) is 178 Å². The monoisotopic (exact) mass is 989 g/mol. The number of hydrogen-bond donors (Lipinski definition) is 12. The standard InChI is InChI=1S/C49H80O20/c1-9-22(2)24-12-17-47(19-18-45(7)25(31(24)47)10-11-29-44(6)15-14-30(69-62)43(4,5)28(44)13-16-46(29,45)8)42(59)68-49(61)39(57)35(54)33(52)27(67-49)21-63-48(60)40(58)37(56)38(26(20-50)66-48)65-41-36(55)34(53)32(51)23(3)64-41/h23-41,50-58,60-62H,2,9-21H2,1,3-8H3/t23-,24+,25-,26?,27?,28+,29-,30-,31-,32-,33-,34+,35?,36+,37?,38-,39+,40+,41?,44+,45-,46-,47+,48+,49-/m1/s1. The number of carbonyl (C=O) groups is 1. The Morgan fingerprint density at radius 3 is 2.03 bits per heavy atom. The number of hydrogen-bond acceptors (Lipinski definition) is 20. The van der Waals surface area contributed by atoms with Gasteiger partial charge < -0.3 is 84.6 Å². The van der Waals surface area contributed by atoms with E-state index in [1.165, 1.54) is 6.92 Å². The van der Waals surface area contributed by atoms with Crippen LogP contribution in [0.4, 0.5) is 0 Å². The van der Waals surface area contributed by atoms with E-state index in [2.05, 4.69) is 41.2 Å². The lowest BCUT2D eigenvalue weighted by molar-refractivity contribution is -0.474. The molecule has 0 amide bonds. The topological polar surface area (TPSA) is 324 Å². The zero-order valence-electron chi connectivity index (χ0n) is 41.0. The van der Waals surface area contributed by atoms with Gasteiger partial charge >= 0.3 is 17.9 Å². The maximum atomic E-state index is 15.1. The molecule has 20 nitrogen and oxygen atoms in total. The van der Waals surface area contributed by atoms with Crippen LogP contribution in [0.3, 0.4) is 0 Å². The minimum Gasteiger partial charge on any atom is -0.405 e. The van der Waals surface area contributed by atoms with Crippen LogP contribution in [0.1, 0.15) is 119 Å². The molecule has 5 saturated carbocycles. The molecular formula is C49H80O20. The summed E-state index contributed by atoms with van der Waals surface area (Å²) < 4.78 is 33.5. The Bertz CT molecular complexity index is 1890. The average Bonchev–Trinajstić information content (AvgIpc) is 3.71. The molecule has 69 heavy (non-hydrogen) atoms. The maximum Gasteiger partial charge on any atom is 0.357 e. The van der Waals surface area contributed by atoms with Gasteiger partial charge in [0, 0.05) is 0 Å². The predicted octanol–water partition coefficient (Wildman–Crippen LogP) is 0.551. The minimum absolute atomic E-state index is 0.00281. The summed E-state index contributed by atoms with van der Waals surface area (Å²) in [5.41, 5.74) is -0.683. The van der Waals surface area contributed by atoms with Crippen LogP contribution in [0.2, 0.25) is 0 Å². The van der Waals surface area contributed by atoms with Crippen molar-refractivity contribution in [2.45, 2.75) is 217 Å². The Balaban J connectivity index is 1.00. The van der Waals surface area contributed by atoms with Crippen LogP contribution in [0.15, 0.2) is 12.2 Å². The van der Waals surface area contributed by atoms with Crippen molar-refractivity contribution in [1.82, 2.24) is 0 Å². The molecule has 8 fully saturated rings. The van der Waals surface area contributed by atoms with Crippen molar-refractivity contribution >= 4 is 5.97 Å². The van der Waals surface area contributed by atoms with Gasteiger partial charge in [-0.1, -0.05) is 53.7 Å². The zero-order chi connectivity index (χ0) is 50.8.